The van der Waals surface area contributed by atoms with Crippen molar-refractivity contribution >= 4 is 12.0 Å². The quantitative estimate of drug-likeness (QED) is 0.737. The molecular weight excluding hydrogens is 236 g/mol. The second-order valence-corrected chi connectivity index (χ2v) is 4.87. The lowest BCUT2D eigenvalue weighted by atomic mass is 10.1. The fourth-order valence-corrected chi connectivity index (χ4v) is 1.90. The van der Waals surface area contributed by atoms with Crippen molar-refractivity contribution < 1.29 is 19.4 Å². The normalized spacial score (nSPS) is 20.4. The number of hydrogen-bond donors (Lipinski definition) is 2. The van der Waals surface area contributed by atoms with Crippen LogP contribution in [0.3, 0.4) is 0 Å². The van der Waals surface area contributed by atoms with E-state index in [4.69, 9.17) is 9.84 Å². The van der Waals surface area contributed by atoms with Crippen LogP contribution < -0.4 is 5.32 Å². The van der Waals surface area contributed by atoms with Crippen LogP contribution in [0.15, 0.2) is 0 Å². The molecule has 2 atom stereocenters. The van der Waals surface area contributed by atoms with Gasteiger partial charge >= 0.3 is 12.0 Å². The molecule has 1 heterocycles. The van der Waals surface area contributed by atoms with Crippen LogP contribution in [0.5, 0.6) is 0 Å². The van der Waals surface area contributed by atoms with Crippen molar-refractivity contribution in [1.82, 2.24) is 10.2 Å². The Kier molecular flexibility index (Phi) is 5.91. The van der Waals surface area contributed by atoms with Gasteiger partial charge in [0.1, 0.15) is 0 Å². The number of rotatable bonds is 6. The Labute approximate surface area is 107 Å². The average molecular weight is 258 g/mol. The van der Waals surface area contributed by atoms with Gasteiger partial charge in [-0.05, 0) is 18.8 Å². The minimum atomic E-state index is -0.891. The number of carboxylic acids is 1. The van der Waals surface area contributed by atoms with Crippen molar-refractivity contribution in [3.63, 3.8) is 0 Å². The summed E-state index contributed by atoms with van der Waals surface area (Å²) in [7, 11) is 1.60. The van der Waals surface area contributed by atoms with Gasteiger partial charge in [0.05, 0.1) is 5.92 Å². The highest BCUT2D eigenvalue weighted by Crippen LogP contribution is 2.15. The van der Waals surface area contributed by atoms with Gasteiger partial charge in [-0.2, -0.15) is 0 Å². The van der Waals surface area contributed by atoms with Gasteiger partial charge in [0.2, 0.25) is 0 Å². The molecule has 0 aliphatic carbocycles. The molecule has 1 rings (SSSR count). The van der Waals surface area contributed by atoms with Gasteiger partial charge in [0.15, 0.2) is 0 Å². The van der Waals surface area contributed by atoms with E-state index in [1.165, 1.54) is 4.90 Å². The van der Waals surface area contributed by atoms with E-state index in [2.05, 4.69) is 5.32 Å². The summed E-state index contributed by atoms with van der Waals surface area (Å²) in [6.45, 7) is 4.00. The maximum atomic E-state index is 11.7. The number of hydrogen-bond acceptors (Lipinski definition) is 3. The Bertz CT molecular complexity index is 290. The molecule has 0 aromatic carbocycles. The largest absolute Gasteiger partial charge is 0.481 e. The van der Waals surface area contributed by atoms with Gasteiger partial charge in [-0.15, -0.1) is 0 Å². The van der Waals surface area contributed by atoms with Gasteiger partial charge in [0.25, 0.3) is 0 Å². The highest BCUT2D eigenvalue weighted by Gasteiger charge is 2.18. The van der Waals surface area contributed by atoms with Crippen molar-refractivity contribution in [2.75, 3.05) is 33.4 Å². The van der Waals surface area contributed by atoms with E-state index >= 15 is 0 Å². The summed E-state index contributed by atoms with van der Waals surface area (Å²) in [5, 5.41) is 11.6. The predicted octanol–water partition coefficient (Wildman–Crippen LogP) is 0.775. The summed E-state index contributed by atoms with van der Waals surface area (Å²) in [5.74, 6) is -0.907. The Morgan fingerprint density at radius 1 is 1.56 bits per heavy atom. The second-order valence-electron chi connectivity index (χ2n) is 4.87. The van der Waals surface area contributed by atoms with Gasteiger partial charge < -0.3 is 20.1 Å². The molecule has 0 aromatic rings. The number of carbonyl (C=O) groups excluding carboxylic acids is 1. The molecule has 0 spiro atoms. The molecule has 0 bridgehead atoms. The molecule has 6 heteroatoms. The fourth-order valence-electron chi connectivity index (χ4n) is 1.90. The second kappa shape index (κ2) is 7.20. The summed E-state index contributed by atoms with van der Waals surface area (Å²) in [6.07, 6.45) is 1.97. The number of aliphatic carboxylic acids is 1. The number of ether oxygens (including phenoxy) is 1. The zero-order chi connectivity index (χ0) is 13.5. The van der Waals surface area contributed by atoms with Crippen LogP contribution in [-0.4, -0.2) is 55.4 Å². The SMILES string of the molecule is CC(CN(C)C(=O)NCCC1CCOC1)C(=O)O. The van der Waals surface area contributed by atoms with Crippen LogP contribution in [0.1, 0.15) is 19.8 Å². The van der Waals surface area contributed by atoms with Crippen LogP contribution in [0, 0.1) is 11.8 Å². The van der Waals surface area contributed by atoms with Gasteiger partial charge in [-0.25, -0.2) is 4.79 Å². The highest BCUT2D eigenvalue weighted by atomic mass is 16.5. The number of carbonyl (C=O) groups is 2. The van der Waals surface area contributed by atoms with Crippen LogP contribution in [0.2, 0.25) is 0 Å². The van der Waals surface area contributed by atoms with E-state index < -0.39 is 11.9 Å². The first-order valence-electron chi connectivity index (χ1n) is 6.30. The third-order valence-electron chi connectivity index (χ3n) is 3.17. The number of carboxylic acid groups (broad SMARTS) is 1. The third kappa shape index (κ3) is 4.91. The Morgan fingerprint density at radius 3 is 2.83 bits per heavy atom. The molecule has 2 unspecified atom stereocenters. The van der Waals surface area contributed by atoms with Crippen molar-refractivity contribution in [2.24, 2.45) is 11.8 Å². The van der Waals surface area contributed by atoms with E-state index in [0.717, 1.165) is 26.1 Å². The van der Waals surface area contributed by atoms with Crippen LogP contribution in [0.4, 0.5) is 4.79 Å². The molecule has 0 radical (unpaired) electrons. The van der Waals surface area contributed by atoms with Crippen molar-refractivity contribution in [3.8, 4) is 0 Å². The minimum Gasteiger partial charge on any atom is -0.481 e. The van der Waals surface area contributed by atoms with E-state index in [0.29, 0.717) is 12.5 Å². The van der Waals surface area contributed by atoms with Gasteiger partial charge in [0, 0.05) is 33.4 Å². The molecule has 0 saturated carbocycles. The van der Waals surface area contributed by atoms with Crippen molar-refractivity contribution in [3.05, 3.63) is 0 Å². The molecule has 2 amide bonds. The molecule has 104 valence electrons. The van der Waals surface area contributed by atoms with E-state index in [-0.39, 0.29) is 12.6 Å². The first-order chi connectivity index (χ1) is 8.50. The molecule has 0 aromatic heterocycles. The van der Waals surface area contributed by atoms with Crippen molar-refractivity contribution in [2.45, 2.75) is 19.8 Å². The van der Waals surface area contributed by atoms with Gasteiger partial charge in [-0.1, -0.05) is 6.92 Å². The Balaban J connectivity index is 2.16. The van der Waals surface area contributed by atoms with Crippen LogP contribution in [0.25, 0.3) is 0 Å². The predicted molar refractivity (Wildman–Crippen MR) is 66.4 cm³/mol. The minimum absolute atomic E-state index is 0.216. The summed E-state index contributed by atoms with van der Waals surface area (Å²) in [4.78, 5) is 23.7. The van der Waals surface area contributed by atoms with Crippen molar-refractivity contribution in [1.29, 1.82) is 0 Å². The van der Waals surface area contributed by atoms with Crippen LogP contribution in [-0.2, 0) is 9.53 Å². The molecule has 6 nitrogen and oxygen atoms in total. The molecule has 2 N–H and O–H groups in total. The zero-order valence-electron chi connectivity index (χ0n) is 11.0. The molecule has 1 saturated heterocycles. The summed E-state index contributed by atoms with van der Waals surface area (Å²) in [6, 6.07) is -0.220. The number of amides is 2. The lowest BCUT2D eigenvalue weighted by Crippen LogP contribution is -2.41. The topological polar surface area (TPSA) is 78.9 Å². The maximum absolute atomic E-state index is 11.7. The molecular formula is C12H22N2O4. The van der Waals surface area contributed by atoms with E-state index in [1.807, 2.05) is 0 Å². The smallest absolute Gasteiger partial charge is 0.317 e. The Morgan fingerprint density at radius 2 is 2.28 bits per heavy atom. The first-order valence-corrected chi connectivity index (χ1v) is 6.30. The monoisotopic (exact) mass is 258 g/mol. The lowest BCUT2D eigenvalue weighted by Gasteiger charge is -2.20. The summed E-state index contributed by atoms with van der Waals surface area (Å²) >= 11 is 0. The lowest BCUT2D eigenvalue weighted by molar-refractivity contribution is -0.141. The number of urea groups is 1. The number of nitrogens with one attached hydrogen (secondary N) is 1. The summed E-state index contributed by atoms with van der Waals surface area (Å²) in [5.41, 5.74) is 0. The maximum Gasteiger partial charge on any atom is 0.317 e. The average Bonchev–Trinajstić information content (AvgIpc) is 2.81. The molecule has 1 fully saturated rings. The summed E-state index contributed by atoms with van der Waals surface area (Å²) < 4.78 is 5.25. The standard InChI is InChI=1S/C12H22N2O4/c1-9(11(15)16)7-14(2)12(17)13-5-3-10-4-6-18-8-10/h9-10H,3-8H2,1-2H3,(H,13,17)(H,15,16). The third-order valence-corrected chi connectivity index (χ3v) is 3.17. The highest BCUT2D eigenvalue weighted by molar-refractivity contribution is 5.75. The molecule has 1 aliphatic heterocycles. The molecule has 1 aliphatic rings. The first kappa shape index (κ1) is 14.8. The Hall–Kier alpha value is -1.30. The van der Waals surface area contributed by atoms with Gasteiger partial charge in [-0.3, -0.25) is 4.79 Å². The molecule has 18 heavy (non-hydrogen) atoms. The fraction of sp³-hybridized carbons (Fsp3) is 0.833. The van der Waals surface area contributed by atoms with Crippen LogP contribution >= 0.6 is 0 Å². The zero-order valence-corrected chi connectivity index (χ0v) is 11.0. The number of nitrogens with zero attached hydrogens (tertiary/aromatic N) is 1. The van der Waals surface area contributed by atoms with E-state index in [1.54, 1.807) is 14.0 Å². The van der Waals surface area contributed by atoms with E-state index in [9.17, 15) is 9.59 Å².